The van der Waals surface area contributed by atoms with E-state index in [0.29, 0.717) is 6.42 Å². The largest absolute Gasteiger partial charge is 0.390 e. The van der Waals surface area contributed by atoms with Crippen LogP contribution in [0.1, 0.15) is 32.3 Å². The van der Waals surface area contributed by atoms with Crippen molar-refractivity contribution in [2.45, 2.75) is 38.7 Å². The molecule has 16 heavy (non-hydrogen) atoms. The van der Waals surface area contributed by atoms with Gasteiger partial charge in [-0.05, 0) is 50.6 Å². The van der Waals surface area contributed by atoms with Gasteiger partial charge in [-0.15, -0.1) is 0 Å². The lowest BCUT2D eigenvalue weighted by Gasteiger charge is -2.23. The van der Waals surface area contributed by atoms with Crippen LogP contribution in [0.2, 0.25) is 0 Å². The Balaban J connectivity index is 2.33. The maximum Gasteiger partial charge on any atom is 0.0672 e. The molecule has 1 aromatic heterocycles. The van der Waals surface area contributed by atoms with Crippen molar-refractivity contribution in [3.8, 4) is 0 Å². The molecule has 0 aliphatic rings. The summed E-state index contributed by atoms with van der Waals surface area (Å²) in [4.78, 5) is 3.97. The second-order valence-corrected chi connectivity index (χ2v) is 4.53. The minimum Gasteiger partial charge on any atom is -0.390 e. The summed E-state index contributed by atoms with van der Waals surface area (Å²) in [6.07, 6.45) is 6.12. The summed E-state index contributed by atoms with van der Waals surface area (Å²) < 4.78 is 0. The Labute approximate surface area is 97.9 Å². The lowest BCUT2D eigenvalue weighted by Crippen LogP contribution is -2.32. The van der Waals surface area contributed by atoms with Crippen LogP contribution in [0.25, 0.3) is 0 Å². The van der Waals surface area contributed by atoms with Gasteiger partial charge >= 0.3 is 0 Å². The van der Waals surface area contributed by atoms with Gasteiger partial charge < -0.3 is 10.4 Å². The van der Waals surface area contributed by atoms with Gasteiger partial charge in [-0.25, -0.2) is 0 Å². The number of pyridine rings is 1. The second kappa shape index (κ2) is 6.61. The van der Waals surface area contributed by atoms with E-state index >= 15 is 0 Å². The van der Waals surface area contributed by atoms with Crippen LogP contribution in [0.3, 0.4) is 0 Å². The Morgan fingerprint density at radius 1 is 1.31 bits per heavy atom. The number of hydrogen-bond acceptors (Lipinski definition) is 3. The van der Waals surface area contributed by atoms with Crippen LogP contribution >= 0.6 is 0 Å². The third-order valence-electron chi connectivity index (χ3n) is 2.60. The highest BCUT2D eigenvalue weighted by molar-refractivity contribution is 5.12. The molecule has 0 aliphatic heterocycles. The van der Waals surface area contributed by atoms with Gasteiger partial charge in [-0.1, -0.05) is 6.92 Å². The SMILES string of the molecule is CCCNCCC(C)(O)Cc1ccncc1. The van der Waals surface area contributed by atoms with Crippen molar-refractivity contribution >= 4 is 0 Å². The van der Waals surface area contributed by atoms with Crippen LogP contribution in [0.15, 0.2) is 24.5 Å². The third kappa shape index (κ3) is 5.24. The van der Waals surface area contributed by atoms with Crippen molar-refractivity contribution in [1.29, 1.82) is 0 Å². The van der Waals surface area contributed by atoms with Gasteiger partial charge in [0.25, 0.3) is 0 Å². The Morgan fingerprint density at radius 2 is 2.00 bits per heavy atom. The molecule has 90 valence electrons. The number of nitrogens with one attached hydrogen (secondary N) is 1. The quantitative estimate of drug-likeness (QED) is 0.691. The molecule has 3 nitrogen and oxygen atoms in total. The zero-order chi connectivity index (χ0) is 11.9. The van der Waals surface area contributed by atoms with Crippen LogP contribution in [0.5, 0.6) is 0 Å². The normalized spacial score (nSPS) is 14.7. The highest BCUT2D eigenvalue weighted by Gasteiger charge is 2.19. The Kier molecular flexibility index (Phi) is 5.43. The molecule has 0 fully saturated rings. The second-order valence-electron chi connectivity index (χ2n) is 4.53. The monoisotopic (exact) mass is 222 g/mol. The van der Waals surface area contributed by atoms with E-state index in [9.17, 15) is 5.11 Å². The van der Waals surface area contributed by atoms with Crippen molar-refractivity contribution in [3.05, 3.63) is 30.1 Å². The van der Waals surface area contributed by atoms with Crippen LogP contribution in [0, 0.1) is 0 Å². The van der Waals surface area contributed by atoms with E-state index in [1.807, 2.05) is 19.1 Å². The molecular weight excluding hydrogens is 200 g/mol. The summed E-state index contributed by atoms with van der Waals surface area (Å²) in [6.45, 7) is 5.92. The van der Waals surface area contributed by atoms with Gasteiger partial charge in [-0.3, -0.25) is 4.98 Å². The molecule has 1 unspecified atom stereocenters. The molecule has 1 atom stereocenters. The molecule has 1 rings (SSSR count). The smallest absolute Gasteiger partial charge is 0.0672 e. The predicted molar refractivity (Wildman–Crippen MR) is 66.3 cm³/mol. The number of hydrogen-bond donors (Lipinski definition) is 2. The van der Waals surface area contributed by atoms with E-state index in [2.05, 4.69) is 17.2 Å². The Hall–Kier alpha value is -0.930. The first-order valence-corrected chi connectivity index (χ1v) is 5.96. The molecule has 2 N–H and O–H groups in total. The highest BCUT2D eigenvalue weighted by atomic mass is 16.3. The van der Waals surface area contributed by atoms with Crippen LogP contribution in [-0.2, 0) is 6.42 Å². The fourth-order valence-electron chi connectivity index (χ4n) is 1.69. The number of aliphatic hydroxyl groups is 1. The summed E-state index contributed by atoms with van der Waals surface area (Å²) >= 11 is 0. The third-order valence-corrected chi connectivity index (χ3v) is 2.60. The lowest BCUT2D eigenvalue weighted by molar-refractivity contribution is 0.0516. The van der Waals surface area contributed by atoms with Crippen molar-refractivity contribution in [2.24, 2.45) is 0 Å². The van der Waals surface area contributed by atoms with Gasteiger partial charge in [0.15, 0.2) is 0 Å². The first kappa shape index (κ1) is 13.1. The van der Waals surface area contributed by atoms with E-state index in [1.165, 1.54) is 0 Å². The summed E-state index contributed by atoms with van der Waals surface area (Å²) in [6, 6.07) is 3.90. The average molecular weight is 222 g/mol. The number of nitrogens with zero attached hydrogens (tertiary/aromatic N) is 1. The fourth-order valence-corrected chi connectivity index (χ4v) is 1.69. The number of aromatic nitrogens is 1. The Morgan fingerprint density at radius 3 is 2.62 bits per heavy atom. The molecule has 0 aliphatic carbocycles. The highest BCUT2D eigenvalue weighted by Crippen LogP contribution is 2.15. The minimum absolute atomic E-state index is 0.637. The topological polar surface area (TPSA) is 45.1 Å². The molecule has 0 amide bonds. The standard InChI is InChI=1S/C13H22N2O/c1-3-7-14-10-6-13(2,16)11-12-4-8-15-9-5-12/h4-5,8-9,14,16H,3,6-7,10-11H2,1-2H3. The van der Waals surface area contributed by atoms with Gasteiger partial charge in [-0.2, -0.15) is 0 Å². The fraction of sp³-hybridized carbons (Fsp3) is 0.615. The van der Waals surface area contributed by atoms with E-state index in [0.717, 1.165) is 31.5 Å². The van der Waals surface area contributed by atoms with E-state index < -0.39 is 5.60 Å². The minimum atomic E-state index is -0.637. The number of rotatable bonds is 7. The zero-order valence-corrected chi connectivity index (χ0v) is 10.2. The van der Waals surface area contributed by atoms with Crippen LogP contribution in [-0.4, -0.2) is 28.8 Å². The van der Waals surface area contributed by atoms with Crippen molar-refractivity contribution in [1.82, 2.24) is 10.3 Å². The molecule has 1 heterocycles. The van der Waals surface area contributed by atoms with E-state index in [4.69, 9.17) is 0 Å². The molecule has 0 saturated heterocycles. The van der Waals surface area contributed by atoms with E-state index in [-0.39, 0.29) is 0 Å². The van der Waals surface area contributed by atoms with Gasteiger partial charge in [0.1, 0.15) is 0 Å². The van der Waals surface area contributed by atoms with Crippen molar-refractivity contribution in [3.63, 3.8) is 0 Å². The molecule has 3 heteroatoms. The predicted octanol–water partition coefficient (Wildman–Crippen LogP) is 1.76. The van der Waals surface area contributed by atoms with Gasteiger partial charge in [0.2, 0.25) is 0 Å². The Bertz CT molecular complexity index is 285. The molecule has 0 aromatic carbocycles. The molecular formula is C13H22N2O. The first-order valence-electron chi connectivity index (χ1n) is 5.96. The van der Waals surface area contributed by atoms with Crippen LogP contribution in [0.4, 0.5) is 0 Å². The summed E-state index contributed by atoms with van der Waals surface area (Å²) in [5.74, 6) is 0. The van der Waals surface area contributed by atoms with Gasteiger partial charge in [0, 0.05) is 18.8 Å². The van der Waals surface area contributed by atoms with Crippen molar-refractivity contribution < 1.29 is 5.11 Å². The molecule has 0 radical (unpaired) electrons. The summed E-state index contributed by atoms with van der Waals surface area (Å²) in [5, 5.41) is 13.5. The molecule has 0 bridgehead atoms. The zero-order valence-electron chi connectivity index (χ0n) is 10.2. The first-order chi connectivity index (χ1) is 7.64. The molecule has 1 aromatic rings. The van der Waals surface area contributed by atoms with E-state index in [1.54, 1.807) is 12.4 Å². The van der Waals surface area contributed by atoms with Crippen LogP contribution < -0.4 is 5.32 Å². The maximum atomic E-state index is 10.2. The molecule has 0 spiro atoms. The van der Waals surface area contributed by atoms with Crippen molar-refractivity contribution in [2.75, 3.05) is 13.1 Å². The molecule has 0 saturated carbocycles. The van der Waals surface area contributed by atoms with Gasteiger partial charge in [0.05, 0.1) is 5.60 Å². The average Bonchev–Trinajstić information content (AvgIpc) is 2.25. The maximum absolute atomic E-state index is 10.2. The summed E-state index contributed by atoms with van der Waals surface area (Å²) in [5.41, 5.74) is 0.498. The summed E-state index contributed by atoms with van der Waals surface area (Å²) in [7, 11) is 0. The lowest BCUT2D eigenvalue weighted by atomic mass is 9.94.